The largest absolute Gasteiger partial charge is 0.295 e. The first-order chi connectivity index (χ1) is 6.63. The molecule has 0 radical (unpaired) electrons. The molecular formula is C12H14OS. The molecule has 74 valence electrons. The maximum absolute atomic E-state index is 10.9. The number of allylic oxidation sites excluding steroid dienone is 2. The summed E-state index contributed by atoms with van der Waals surface area (Å²) < 4.78 is 0. The molecule has 0 unspecified atom stereocenters. The van der Waals surface area contributed by atoms with Crippen LogP contribution in [-0.4, -0.2) is 12.0 Å². The summed E-state index contributed by atoms with van der Waals surface area (Å²) in [7, 11) is 0. The first-order valence-electron chi connectivity index (χ1n) is 4.47. The van der Waals surface area contributed by atoms with Gasteiger partial charge in [-0.25, -0.2) is 0 Å². The Balaban J connectivity index is 2.92. The van der Waals surface area contributed by atoms with Crippen molar-refractivity contribution in [2.75, 3.05) is 6.26 Å². The van der Waals surface area contributed by atoms with Gasteiger partial charge in [0.15, 0.2) is 5.78 Å². The summed E-state index contributed by atoms with van der Waals surface area (Å²) in [5.74, 6) is 0.0939. The average molecular weight is 206 g/mol. The van der Waals surface area contributed by atoms with Gasteiger partial charge in [-0.1, -0.05) is 12.1 Å². The minimum atomic E-state index is 0.0939. The summed E-state index contributed by atoms with van der Waals surface area (Å²) in [6, 6.07) is 8.22. The zero-order valence-electron chi connectivity index (χ0n) is 8.70. The Bertz CT molecular complexity index is 349. The van der Waals surface area contributed by atoms with Crippen LogP contribution in [0.2, 0.25) is 0 Å². The number of hydrogen-bond acceptors (Lipinski definition) is 2. The molecule has 0 aliphatic heterocycles. The third kappa shape index (κ3) is 3.04. The van der Waals surface area contributed by atoms with E-state index in [2.05, 4.69) is 12.1 Å². The van der Waals surface area contributed by atoms with Crippen LogP contribution in [0.1, 0.15) is 19.4 Å². The van der Waals surface area contributed by atoms with Crippen molar-refractivity contribution in [3.63, 3.8) is 0 Å². The fourth-order valence-corrected chi connectivity index (χ4v) is 1.65. The predicted molar refractivity (Wildman–Crippen MR) is 62.6 cm³/mol. The zero-order valence-corrected chi connectivity index (χ0v) is 9.52. The number of ketones is 1. The second kappa shape index (κ2) is 5.01. The molecule has 0 saturated heterocycles. The number of thioether (sulfide) groups is 1. The number of rotatable bonds is 3. The minimum Gasteiger partial charge on any atom is -0.295 e. The molecule has 0 heterocycles. The lowest BCUT2D eigenvalue weighted by Gasteiger charge is -2.01. The van der Waals surface area contributed by atoms with E-state index in [1.165, 1.54) is 4.90 Å². The highest BCUT2D eigenvalue weighted by atomic mass is 32.2. The van der Waals surface area contributed by atoms with Gasteiger partial charge in [0, 0.05) is 4.90 Å². The summed E-state index contributed by atoms with van der Waals surface area (Å²) in [5, 5.41) is 0. The summed E-state index contributed by atoms with van der Waals surface area (Å²) in [6.45, 7) is 3.52. The molecule has 0 aliphatic rings. The molecule has 0 N–H and O–H groups in total. The molecule has 14 heavy (non-hydrogen) atoms. The number of benzene rings is 1. The van der Waals surface area contributed by atoms with Crippen molar-refractivity contribution >= 4 is 23.1 Å². The van der Waals surface area contributed by atoms with E-state index in [0.29, 0.717) is 0 Å². The predicted octanol–water partition coefficient (Wildman–Crippen LogP) is 3.40. The molecule has 0 bridgehead atoms. The molecule has 0 spiro atoms. The van der Waals surface area contributed by atoms with Crippen molar-refractivity contribution in [3.8, 4) is 0 Å². The lowest BCUT2D eigenvalue weighted by molar-refractivity contribution is -0.112. The summed E-state index contributed by atoms with van der Waals surface area (Å²) in [4.78, 5) is 12.1. The van der Waals surface area contributed by atoms with Gasteiger partial charge in [0.25, 0.3) is 0 Å². The highest BCUT2D eigenvalue weighted by molar-refractivity contribution is 7.98. The Morgan fingerprint density at radius 3 is 2.21 bits per heavy atom. The van der Waals surface area contributed by atoms with E-state index in [0.717, 1.165) is 11.1 Å². The van der Waals surface area contributed by atoms with Crippen LogP contribution in [0.15, 0.2) is 35.2 Å². The summed E-state index contributed by atoms with van der Waals surface area (Å²) in [6.07, 6.45) is 3.71. The third-order valence-electron chi connectivity index (χ3n) is 1.97. The highest BCUT2D eigenvalue weighted by Crippen LogP contribution is 2.19. The van der Waals surface area contributed by atoms with Gasteiger partial charge in [0.05, 0.1) is 0 Å². The van der Waals surface area contributed by atoms with Crippen molar-refractivity contribution in [3.05, 3.63) is 35.9 Å². The molecule has 0 saturated carbocycles. The van der Waals surface area contributed by atoms with Gasteiger partial charge in [-0.05, 0) is 49.4 Å². The molecule has 0 aliphatic carbocycles. The molecule has 1 rings (SSSR count). The third-order valence-corrected chi connectivity index (χ3v) is 2.71. The fourth-order valence-electron chi connectivity index (χ4n) is 1.24. The zero-order chi connectivity index (χ0) is 10.6. The minimum absolute atomic E-state index is 0.0939. The second-order valence-corrected chi connectivity index (χ2v) is 4.05. The lowest BCUT2D eigenvalue weighted by atomic mass is 10.1. The van der Waals surface area contributed by atoms with Crippen LogP contribution in [0.4, 0.5) is 0 Å². The fraction of sp³-hybridized carbons (Fsp3) is 0.250. The van der Waals surface area contributed by atoms with Gasteiger partial charge in [-0.2, -0.15) is 0 Å². The first kappa shape index (κ1) is 11.1. The van der Waals surface area contributed by atoms with Crippen LogP contribution in [-0.2, 0) is 4.79 Å². The SMILES string of the molecule is CSc1ccc(/C(C)=C/C(C)=O)cc1. The standard InChI is InChI=1S/C12H14OS/c1-9(8-10(2)13)11-4-6-12(14-3)7-5-11/h4-8H,1-3H3/b9-8+. The van der Waals surface area contributed by atoms with Crippen molar-refractivity contribution in [1.82, 2.24) is 0 Å². The first-order valence-corrected chi connectivity index (χ1v) is 5.69. The van der Waals surface area contributed by atoms with Gasteiger partial charge in [-0.15, -0.1) is 11.8 Å². The Hall–Kier alpha value is -1.02. The highest BCUT2D eigenvalue weighted by Gasteiger charge is 1.97. The molecule has 0 amide bonds. The quantitative estimate of drug-likeness (QED) is 0.557. The molecule has 1 aromatic carbocycles. The summed E-state index contributed by atoms with van der Waals surface area (Å²) >= 11 is 1.72. The summed E-state index contributed by atoms with van der Waals surface area (Å²) in [5.41, 5.74) is 2.13. The normalized spacial score (nSPS) is 11.5. The van der Waals surface area contributed by atoms with E-state index in [9.17, 15) is 4.79 Å². The molecule has 0 aromatic heterocycles. The van der Waals surface area contributed by atoms with Crippen LogP contribution in [0, 0.1) is 0 Å². The van der Waals surface area contributed by atoms with E-state index in [1.54, 1.807) is 24.8 Å². The number of carbonyl (C=O) groups excluding carboxylic acids is 1. The average Bonchev–Trinajstić information content (AvgIpc) is 2.17. The van der Waals surface area contributed by atoms with E-state index >= 15 is 0 Å². The van der Waals surface area contributed by atoms with Gasteiger partial charge in [0.1, 0.15) is 0 Å². The number of hydrogen-bond donors (Lipinski definition) is 0. The molecule has 2 heteroatoms. The van der Waals surface area contributed by atoms with E-state index in [4.69, 9.17) is 0 Å². The molecule has 1 aromatic rings. The molecule has 0 fully saturated rings. The lowest BCUT2D eigenvalue weighted by Crippen LogP contribution is -1.86. The van der Waals surface area contributed by atoms with E-state index < -0.39 is 0 Å². The maximum Gasteiger partial charge on any atom is 0.152 e. The van der Waals surface area contributed by atoms with Crippen LogP contribution >= 0.6 is 11.8 Å². The Morgan fingerprint density at radius 1 is 1.21 bits per heavy atom. The molecule has 1 nitrogen and oxygen atoms in total. The van der Waals surface area contributed by atoms with Gasteiger partial charge in [-0.3, -0.25) is 4.79 Å². The van der Waals surface area contributed by atoms with Crippen LogP contribution < -0.4 is 0 Å². The van der Waals surface area contributed by atoms with Crippen molar-refractivity contribution in [2.24, 2.45) is 0 Å². The van der Waals surface area contributed by atoms with Crippen molar-refractivity contribution < 1.29 is 4.79 Å². The Labute approximate surface area is 89.2 Å². The van der Waals surface area contributed by atoms with Crippen molar-refractivity contribution in [2.45, 2.75) is 18.7 Å². The monoisotopic (exact) mass is 206 g/mol. The second-order valence-electron chi connectivity index (χ2n) is 3.17. The maximum atomic E-state index is 10.9. The van der Waals surface area contributed by atoms with E-state index in [1.807, 2.05) is 25.3 Å². The van der Waals surface area contributed by atoms with Gasteiger partial charge >= 0.3 is 0 Å². The Kier molecular flexibility index (Phi) is 3.96. The van der Waals surface area contributed by atoms with Crippen LogP contribution in [0.25, 0.3) is 5.57 Å². The van der Waals surface area contributed by atoms with Gasteiger partial charge < -0.3 is 0 Å². The Morgan fingerprint density at radius 2 is 1.79 bits per heavy atom. The van der Waals surface area contributed by atoms with Crippen LogP contribution in [0.3, 0.4) is 0 Å². The molecular weight excluding hydrogens is 192 g/mol. The smallest absolute Gasteiger partial charge is 0.152 e. The molecule has 0 atom stereocenters. The van der Waals surface area contributed by atoms with Gasteiger partial charge in [0.2, 0.25) is 0 Å². The topological polar surface area (TPSA) is 17.1 Å². The van der Waals surface area contributed by atoms with Crippen LogP contribution in [0.5, 0.6) is 0 Å². The number of carbonyl (C=O) groups is 1. The van der Waals surface area contributed by atoms with E-state index in [-0.39, 0.29) is 5.78 Å². The van der Waals surface area contributed by atoms with Crippen molar-refractivity contribution in [1.29, 1.82) is 0 Å².